The first-order chi connectivity index (χ1) is 16.8. The molecule has 0 bridgehead atoms. The molecule has 6 rings (SSSR count). The number of hydrogen-bond donors (Lipinski definition) is 0. The van der Waals surface area contributed by atoms with Crippen LogP contribution in [0.4, 0.5) is 0 Å². The molecule has 0 radical (unpaired) electrons. The van der Waals surface area contributed by atoms with Crippen LogP contribution in [0.25, 0.3) is 55.2 Å². The van der Waals surface area contributed by atoms with Gasteiger partial charge in [0.2, 0.25) is 0 Å². The van der Waals surface area contributed by atoms with E-state index in [0.29, 0.717) is 5.56 Å². The number of rotatable bonds is 3. The van der Waals surface area contributed by atoms with Crippen LogP contribution in [0, 0.1) is 11.3 Å². The molecule has 2 nitrogen and oxygen atoms in total. The first-order valence-corrected chi connectivity index (χ1v) is 11.3. The Morgan fingerprint density at radius 3 is 1.85 bits per heavy atom. The van der Waals surface area contributed by atoms with Crippen LogP contribution in [0.15, 0.2) is 121 Å². The monoisotopic (exact) mass is 432 g/mol. The number of nitrogens with zero attached hydrogens (tertiary/aromatic N) is 2. The molecule has 0 aliphatic heterocycles. The predicted molar refractivity (Wildman–Crippen MR) is 140 cm³/mol. The van der Waals surface area contributed by atoms with E-state index in [0.717, 1.165) is 55.2 Å². The molecule has 158 valence electrons. The fourth-order valence-electron chi connectivity index (χ4n) is 4.66. The molecule has 0 saturated heterocycles. The van der Waals surface area contributed by atoms with Crippen LogP contribution < -0.4 is 0 Å². The molecule has 1 aromatic heterocycles. The Balaban J connectivity index is 1.75. The Bertz CT molecular complexity index is 1700. The Hall–Kier alpha value is -4.74. The number of benzene rings is 5. The van der Waals surface area contributed by atoms with Crippen LogP contribution >= 0.6 is 0 Å². The largest absolute Gasteiger partial charge is 0.247 e. The maximum Gasteiger partial charge on any atom is 0.0991 e. The molecule has 0 N–H and O–H groups in total. The van der Waals surface area contributed by atoms with E-state index in [2.05, 4.69) is 84.9 Å². The smallest absolute Gasteiger partial charge is 0.0991 e. The average Bonchev–Trinajstić information content (AvgIpc) is 2.93. The molecule has 5 aromatic carbocycles. The highest BCUT2D eigenvalue weighted by atomic mass is 14.7. The topological polar surface area (TPSA) is 36.7 Å². The van der Waals surface area contributed by atoms with Crippen LogP contribution in [0.5, 0.6) is 0 Å². The fourth-order valence-corrected chi connectivity index (χ4v) is 4.66. The van der Waals surface area contributed by atoms with Crippen LogP contribution in [0.3, 0.4) is 0 Å². The number of nitriles is 1. The van der Waals surface area contributed by atoms with E-state index in [1.165, 1.54) is 0 Å². The summed E-state index contributed by atoms with van der Waals surface area (Å²) in [5.74, 6) is 0. The Morgan fingerprint density at radius 2 is 1.12 bits per heavy atom. The van der Waals surface area contributed by atoms with E-state index in [4.69, 9.17) is 4.98 Å². The summed E-state index contributed by atoms with van der Waals surface area (Å²) in [6.45, 7) is 0. The van der Waals surface area contributed by atoms with Gasteiger partial charge in [0.1, 0.15) is 0 Å². The van der Waals surface area contributed by atoms with Crippen molar-refractivity contribution in [3.63, 3.8) is 0 Å². The van der Waals surface area contributed by atoms with E-state index in [1.54, 1.807) is 0 Å². The van der Waals surface area contributed by atoms with Crippen LogP contribution in [-0.2, 0) is 0 Å². The van der Waals surface area contributed by atoms with Gasteiger partial charge in [-0.3, -0.25) is 0 Å². The molecule has 2 heteroatoms. The van der Waals surface area contributed by atoms with E-state index in [9.17, 15) is 5.26 Å². The van der Waals surface area contributed by atoms with Crippen molar-refractivity contribution in [2.75, 3.05) is 0 Å². The van der Waals surface area contributed by atoms with Crippen molar-refractivity contribution in [3.05, 3.63) is 127 Å². The van der Waals surface area contributed by atoms with Gasteiger partial charge in [0, 0.05) is 16.3 Å². The molecule has 1 heterocycles. The van der Waals surface area contributed by atoms with E-state index in [1.807, 2.05) is 42.5 Å². The molecule has 0 atom stereocenters. The third-order valence-electron chi connectivity index (χ3n) is 6.28. The molecule has 0 aliphatic carbocycles. The van der Waals surface area contributed by atoms with Gasteiger partial charge in [-0.05, 0) is 51.9 Å². The van der Waals surface area contributed by atoms with E-state index in [-0.39, 0.29) is 0 Å². The minimum absolute atomic E-state index is 0.655. The summed E-state index contributed by atoms with van der Waals surface area (Å²) in [6, 6.07) is 43.7. The van der Waals surface area contributed by atoms with Crippen molar-refractivity contribution >= 4 is 21.7 Å². The maximum absolute atomic E-state index is 9.47. The predicted octanol–water partition coefficient (Wildman–Crippen LogP) is 8.26. The summed E-state index contributed by atoms with van der Waals surface area (Å²) in [7, 11) is 0. The summed E-state index contributed by atoms with van der Waals surface area (Å²) in [6.07, 6.45) is 0. The quantitative estimate of drug-likeness (QED) is 0.264. The van der Waals surface area contributed by atoms with Gasteiger partial charge >= 0.3 is 0 Å². The second-order valence-corrected chi connectivity index (χ2v) is 8.35. The van der Waals surface area contributed by atoms with Gasteiger partial charge in [0.25, 0.3) is 0 Å². The van der Waals surface area contributed by atoms with Crippen molar-refractivity contribution in [1.29, 1.82) is 5.26 Å². The number of aromatic nitrogens is 1. The van der Waals surface area contributed by atoms with E-state index < -0.39 is 0 Å². The fraction of sp³-hybridized carbons (Fsp3) is 0. The van der Waals surface area contributed by atoms with Gasteiger partial charge in [0.05, 0.1) is 22.8 Å². The van der Waals surface area contributed by atoms with E-state index >= 15 is 0 Å². The van der Waals surface area contributed by atoms with Gasteiger partial charge < -0.3 is 0 Å². The molecular formula is C32H20N2. The highest BCUT2D eigenvalue weighted by molar-refractivity contribution is 6.16. The molecule has 0 aliphatic rings. The number of hydrogen-bond acceptors (Lipinski definition) is 2. The van der Waals surface area contributed by atoms with Crippen molar-refractivity contribution in [2.45, 2.75) is 0 Å². The minimum Gasteiger partial charge on any atom is -0.247 e. The summed E-state index contributed by atoms with van der Waals surface area (Å²) in [5, 5.41) is 12.8. The Kier molecular flexibility index (Phi) is 4.87. The van der Waals surface area contributed by atoms with Crippen molar-refractivity contribution in [2.24, 2.45) is 0 Å². The molecule has 34 heavy (non-hydrogen) atoms. The number of fused-ring (bicyclic) bond motifs is 3. The lowest BCUT2D eigenvalue weighted by Gasteiger charge is -2.16. The van der Waals surface area contributed by atoms with Gasteiger partial charge in [0.15, 0.2) is 0 Å². The molecule has 0 amide bonds. The molecule has 0 saturated carbocycles. The molecule has 0 fully saturated rings. The zero-order valence-corrected chi connectivity index (χ0v) is 18.4. The SMILES string of the molecule is N#Cc1cccc(-c2cc3c(-c4ccccc4)cc(-c4ccccc4)nc3c3ccccc23)c1. The van der Waals surface area contributed by atoms with Crippen molar-refractivity contribution in [3.8, 4) is 39.6 Å². The summed E-state index contributed by atoms with van der Waals surface area (Å²) < 4.78 is 0. The second kappa shape index (κ2) is 8.31. The first kappa shape index (κ1) is 19.9. The zero-order valence-electron chi connectivity index (χ0n) is 18.4. The highest BCUT2D eigenvalue weighted by Gasteiger charge is 2.15. The lowest BCUT2D eigenvalue weighted by Crippen LogP contribution is -1.93. The second-order valence-electron chi connectivity index (χ2n) is 8.35. The molecule has 6 aromatic rings. The molecule has 0 unspecified atom stereocenters. The van der Waals surface area contributed by atoms with Gasteiger partial charge in [-0.25, -0.2) is 4.98 Å². The Labute approximate surface area is 198 Å². The third kappa shape index (κ3) is 3.41. The van der Waals surface area contributed by atoms with Crippen LogP contribution in [0.2, 0.25) is 0 Å². The summed E-state index contributed by atoms with van der Waals surface area (Å²) in [4.78, 5) is 5.18. The van der Waals surface area contributed by atoms with Gasteiger partial charge in [-0.15, -0.1) is 0 Å². The van der Waals surface area contributed by atoms with Gasteiger partial charge in [-0.1, -0.05) is 97.1 Å². The summed E-state index contributed by atoms with van der Waals surface area (Å²) >= 11 is 0. The highest BCUT2D eigenvalue weighted by Crippen LogP contribution is 2.40. The standard InChI is InChI=1S/C32H20N2/c33-21-22-10-9-15-25(18-22)28-19-30-29(23-11-3-1-4-12-23)20-31(24-13-5-2-6-14-24)34-32(30)27-17-8-7-16-26(27)28/h1-20H. The van der Waals surface area contributed by atoms with Crippen LogP contribution in [-0.4, -0.2) is 4.98 Å². The average molecular weight is 433 g/mol. The minimum atomic E-state index is 0.655. The lowest BCUT2D eigenvalue weighted by molar-refractivity contribution is 1.41. The zero-order chi connectivity index (χ0) is 22.9. The van der Waals surface area contributed by atoms with Crippen molar-refractivity contribution in [1.82, 2.24) is 4.98 Å². The Morgan fingerprint density at radius 1 is 0.500 bits per heavy atom. The lowest BCUT2D eigenvalue weighted by atomic mass is 9.90. The molecule has 0 spiro atoms. The normalized spacial score (nSPS) is 10.9. The van der Waals surface area contributed by atoms with Crippen LogP contribution in [0.1, 0.15) is 5.56 Å². The summed E-state index contributed by atoms with van der Waals surface area (Å²) in [5.41, 5.74) is 8.12. The van der Waals surface area contributed by atoms with Crippen molar-refractivity contribution < 1.29 is 0 Å². The molecular weight excluding hydrogens is 412 g/mol. The maximum atomic E-state index is 9.47. The third-order valence-corrected chi connectivity index (χ3v) is 6.28. The number of pyridine rings is 1. The van der Waals surface area contributed by atoms with Gasteiger partial charge in [-0.2, -0.15) is 5.26 Å². The first-order valence-electron chi connectivity index (χ1n) is 11.3.